The Morgan fingerprint density at radius 2 is 2.09 bits per heavy atom. The van der Waals surface area contributed by atoms with Crippen LogP contribution in [0.15, 0.2) is 11.3 Å². The van der Waals surface area contributed by atoms with Gasteiger partial charge in [0.25, 0.3) is 0 Å². The molecule has 124 valence electrons. The van der Waals surface area contributed by atoms with Gasteiger partial charge in [0.05, 0.1) is 12.2 Å². The number of carbonyl (C=O) groups excluding carboxylic acids is 2. The summed E-state index contributed by atoms with van der Waals surface area (Å²) < 4.78 is 11.0. The molecule has 1 heterocycles. The smallest absolute Gasteiger partial charge is 0.347 e. The van der Waals surface area contributed by atoms with Gasteiger partial charge in [0.15, 0.2) is 5.78 Å². The van der Waals surface area contributed by atoms with E-state index in [1.165, 1.54) is 0 Å². The first-order valence-corrected chi connectivity index (χ1v) is 8.13. The van der Waals surface area contributed by atoms with Gasteiger partial charge in [-0.05, 0) is 26.2 Å². The average molecular weight is 310 g/mol. The summed E-state index contributed by atoms with van der Waals surface area (Å²) in [5.41, 5.74) is -2.19. The minimum absolute atomic E-state index is 0.128. The molecule has 2 aliphatic rings. The van der Waals surface area contributed by atoms with Gasteiger partial charge in [-0.2, -0.15) is 0 Å². The van der Waals surface area contributed by atoms with Crippen LogP contribution in [0.25, 0.3) is 0 Å². The molecular formula is C17H26O5. The Hall–Kier alpha value is -1.36. The Kier molecular flexibility index (Phi) is 4.66. The summed E-state index contributed by atoms with van der Waals surface area (Å²) in [5.74, 6) is -0.503. The molecule has 1 aliphatic heterocycles. The van der Waals surface area contributed by atoms with Crippen LogP contribution in [-0.2, 0) is 19.1 Å². The van der Waals surface area contributed by atoms with Crippen molar-refractivity contribution in [2.75, 3.05) is 6.61 Å². The van der Waals surface area contributed by atoms with E-state index in [1.54, 1.807) is 6.92 Å². The average Bonchev–Trinajstić information content (AvgIpc) is 2.77. The molecule has 0 radical (unpaired) electrons. The number of unbranched alkanes of at least 4 members (excludes halogenated alkanes) is 1. The number of hydrogen-bond donors (Lipinski definition) is 1. The summed E-state index contributed by atoms with van der Waals surface area (Å²) in [5, 5.41) is 11.1. The van der Waals surface area contributed by atoms with E-state index in [0.29, 0.717) is 25.0 Å². The van der Waals surface area contributed by atoms with Gasteiger partial charge < -0.3 is 14.6 Å². The molecule has 0 saturated heterocycles. The van der Waals surface area contributed by atoms with Crippen LogP contribution in [0.3, 0.4) is 0 Å². The van der Waals surface area contributed by atoms with Crippen LogP contribution in [0.2, 0.25) is 0 Å². The number of rotatable bonds is 5. The molecule has 0 unspecified atom stereocenters. The Morgan fingerprint density at radius 1 is 1.41 bits per heavy atom. The third-order valence-electron chi connectivity index (χ3n) is 4.61. The Morgan fingerprint density at radius 3 is 2.68 bits per heavy atom. The summed E-state index contributed by atoms with van der Waals surface area (Å²) in [4.78, 5) is 24.8. The number of ether oxygens (including phenoxy) is 2. The van der Waals surface area contributed by atoms with Gasteiger partial charge in [-0.25, -0.2) is 4.79 Å². The summed E-state index contributed by atoms with van der Waals surface area (Å²) in [6.07, 6.45) is 2.48. The molecule has 5 nitrogen and oxygen atoms in total. The second kappa shape index (κ2) is 6.03. The zero-order chi connectivity index (χ0) is 16.5. The maximum atomic E-state index is 12.4. The molecule has 2 atom stereocenters. The summed E-state index contributed by atoms with van der Waals surface area (Å²) in [7, 11) is 0. The third kappa shape index (κ3) is 2.56. The molecular weight excluding hydrogens is 284 g/mol. The van der Waals surface area contributed by atoms with Crippen molar-refractivity contribution >= 4 is 11.8 Å². The lowest BCUT2D eigenvalue weighted by atomic mass is 9.72. The molecule has 0 bridgehead atoms. The highest BCUT2D eigenvalue weighted by Crippen LogP contribution is 2.50. The van der Waals surface area contributed by atoms with Gasteiger partial charge in [-0.1, -0.05) is 27.2 Å². The molecule has 0 spiro atoms. The highest BCUT2D eigenvalue weighted by molar-refractivity contribution is 6.06. The van der Waals surface area contributed by atoms with Crippen molar-refractivity contribution in [3.05, 3.63) is 11.3 Å². The maximum Gasteiger partial charge on any atom is 0.347 e. The first kappa shape index (κ1) is 17.0. The number of Topliss-reactive ketones (excluding diaryl/α,β-unsaturated/α-hetero) is 1. The Balaban J connectivity index is 2.48. The van der Waals surface area contributed by atoms with E-state index in [1.807, 2.05) is 20.8 Å². The number of aliphatic hydroxyl groups is 1. The maximum absolute atomic E-state index is 12.4. The third-order valence-corrected chi connectivity index (χ3v) is 4.61. The highest BCUT2D eigenvalue weighted by atomic mass is 16.6. The number of carbonyl (C=O) groups is 2. The van der Waals surface area contributed by atoms with Crippen LogP contribution in [0.5, 0.6) is 0 Å². The minimum Gasteiger partial charge on any atom is -0.490 e. The molecule has 0 aromatic rings. The van der Waals surface area contributed by atoms with Crippen LogP contribution >= 0.6 is 0 Å². The number of esters is 1. The molecule has 5 heteroatoms. The van der Waals surface area contributed by atoms with E-state index in [9.17, 15) is 14.7 Å². The molecule has 0 fully saturated rings. The van der Waals surface area contributed by atoms with E-state index in [0.717, 1.165) is 12.8 Å². The van der Waals surface area contributed by atoms with Gasteiger partial charge in [-0.3, -0.25) is 4.79 Å². The summed E-state index contributed by atoms with van der Waals surface area (Å²) in [6, 6.07) is 0. The zero-order valence-corrected chi connectivity index (χ0v) is 13.9. The van der Waals surface area contributed by atoms with Crippen molar-refractivity contribution in [2.45, 2.75) is 71.5 Å². The zero-order valence-electron chi connectivity index (χ0n) is 13.9. The molecule has 0 saturated carbocycles. The van der Waals surface area contributed by atoms with Gasteiger partial charge in [0, 0.05) is 11.8 Å². The van der Waals surface area contributed by atoms with Crippen molar-refractivity contribution in [1.29, 1.82) is 0 Å². The molecule has 22 heavy (non-hydrogen) atoms. The number of ketones is 1. The SMILES string of the molecule is CCCC[C@@H]1OC2=C(C(=O)CCC2(C)C)[C@@]1(O)C(=O)OCC. The first-order chi connectivity index (χ1) is 10.3. The topological polar surface area (TPSA) is 72.8 Å². The monoisotopic (exact) mass is 310 g/mol. The number of hydrogen-bond acceptors (Lipinski definition) is 5. The van der Waals surface area contributed by atoms with Crippen LogP contribution < -0.4 is 0 Å². The molecule has 0 aromatic heterocycles. The fourth-order valence-corrected chi connectivity index (χ4v) is 3.25. The van der Waals surface area contributed by atoms with Gasteiger partial charge >= 0.3 is 5.97 Å². The van der Waals surface area contributed by atoms with Crippen molar-refractivity contribution in [1.82, 2.24) is 0 Å². The predicted octanol–water partition coefficient (Wildman–Crippen LogP) is 2.51. The second-order valence-electron chi connectivity index (χ2n) is 6.75. The molecule has 0 amide bonds. The van der Waals surface area contributed by atoms with Crippen molar-refractivity contribution < 1.29 is 24.2 Å². The van der Waals surface area contributed by atoms with Gasteiger partial charge in [0.1, 0.15) is 11.9 Å². The van der Waals surface area contributed by atoms with Crippen molar-refractivity contribution in [3.63, 3.8) is 0 Å². The lowest BCUT2D eigenvalue weighted by Crippen LogP contribution is -2.51. The van der Waals surface area contributed by atoms with Crippen molar-refractivity contribution in [2.24, 2.45) is 5.41 Å². The standard InChI is InChI=1S/C17H26O5/c1-5-7-8-12-17(20,15(19)21-6-2)13-11(18)9-10-16(3,4)14(13)22-12/h12,20H,5-10H2,1-4H3/t12-,17+/m0/s1. The molecule has 0 aromatic carbocycles. The lowest BCUT2D eigenvalue weighted by molar-refractivity contribution is -0.169. The van der Waals surface area contributed by atoms with E-state index in [4.69, 9.17) is 9.47 Å². The van der Waals surface area contributed by atoms with E-state index >= 15 is 0 Å². The second-order valence-corrected chi connectivity index (χ2v) is 6.75. The first-order valence-electron chi connectivity index (χ1n) is 8.13. The van der Waals surface area contributed by atoms with E-state index in [-0.39, 0.29) is 23.4 Å². The Labute approximate surface area is 131 Å². The fourth-order valence-electron chi connectivity index (χ4n) is 3.25. The molecule has 1 N–H and O–H groups in total. The number of allylic oxidation sites excluding steroid dienone is 1. The highest BCUT2D eigenvalue weighted by Gasteiger charge is 2.61. The quantitative estimate of drug-likeness (QED) is 0.790. The fraction of sp³-hybridized carbons (Fsp3) is 0.765. The van der Waals surface area contributed by atoms with Crippen LogP contribution in [-0.4, -0.2) is 35.2 Å². The van der Waals surface area contributed by atoms with Crippen LogP contribution in [0.1, 0.15) is 59.8 Å². The van der Waals surface area contributed by atoms with Gasteiger partial charge in [0.2, 0.25) is 5.60 Å². The van der Waals surface area contributed by atoms with Gasteiger partial charge in [-0.15, -0.1) is 0 Å². The largest absolute Gasteiger partial charge is 0.490 e. The molecule has 2 rings (SSSR count). The predicted molar refractivity (Wildman–Crippen MR) is 81.0 cm³/mol. The van der Waals surface area contributed by atoms with E-state index < -0.39 is 17.7 Å². The minimum atomic E-state index is -1.96. The summed E-state index contributed by atoms with van der Waals surface area (Å²) >= 11 is 0. The lowest BCUT2D eigenvalue weighted by Gasteiger charge is -2.30. The Bertz CT molecular complexity index is 505. The van der Waals surface area contributed by atoms with E-state index in [2.05, 4.69) is 0 Å². The van der Waals surface area contributed by atoms with Crippen molar-refractivity contribution in [3.8, 4) is 0 Å². The van der Waals surface area contributed by atoms with Crippen LogP contribution in [0, 0.1) is 5.41 Å². The molecule has 1 aliphatic carbocycles. The summed E-state index contributed by atoms with van der Waals surface area (Å²) in [6.45, 7) is 7.81. The normalized spacial score (nSPS) is 30.0. The van der Waals surface area contributed by atoms with Crippen LogP contribution in [0.4, 0.5) is 0 Å².